The van der Waals surface area contributed by atoms with Crippen LogP contribution in [0.1, 0.15) is 26.7 Å². The Morgan fingerprint density at radius 1 is 1.24 bits per heavy atom. The summed E-state index contributed by atoms with van der Waals surface area (Å²) in [6, 6.07) is 7.13. The van der Waals surface area contributed by atoms with E-state index < -0.39 is 0 Å². The summed E-state index contributed by atoms with van der Waals surface area (Å²) in [5, 5.41) is 5.51. The first-order valence-electron chi connectivity index (χ1n) is 6.91. The maximum absolute atomic E-state index is 11.9. The van der Waals surface area contributed by atoms with Gasteiger partial charge in [-0.05, 0) is 31.0 Å². The molecule has 0 saturated heterocycles. The van der Waals surface area contributed by atoms with Crippen LogP contribution < -0.4 is 15.5 Å². The minimum absolute atomic E-state index is 0.0185. The first kappa shape index (κ1) is 15.0. The van der Waals surface area contributed by atoms with Crippen LogP contribution >= 0.6 is 0 Å². The monoisotopic (exact) mass is 289 g/mol. The molecule has 1 saturated carbocycles. The predicted octanol–water partition coefficient (Wildman–Crippen LogP) is 1.28. The summed E-state index contributed by atoms with van der Waals surface area (Å²) in [4.78, 5) is 36.1. The Balaban J connectivity index is 2.11. The largest absolute Gasteiger partial charge is 0.352 e. The maximum atomic E-state index is 11.9. The van der Waals surface area contributed by atoms with E-state index in [1.54, 1.807) is 24.3 Å². The molecule has 0 spiro atoms. The van der Waals surface area contributed by atoms with Gasteiger partial charge < -0.3 is 15.5 Å². The average Bonchev–Trinajstić information content (AvgIpc) is 3.19. The third-order valence-corrected chi connectivity index (χ3v) is 3.10. The Hall–Kier alpha value is -2.37. The molecule has 1 aromatic carbocycles. The van der Waals surface area contributed by atoms with Crippen LogP contribution in [0.15, 0.2) is 24.3 Å². The zero-order chi connectivity index (χ0) is 15.4. The Labute approximate surface area is 123 Å². The van der Waals surface area contributed by atoms with E-state index in [9.17, 15) is 14.4 Å². The molecule has 0 aliphatic heterocycles. The summed E-state index contributed by atoms with van der Waals surface area (Å²) < 4.78 is 0. The number of benzene rings is 1. The van der Waals surface area contributed by atoms with Crippen molar-refractivity contribution in [1.29, 1.82) is 0 Å². The third kappa shape index (κ3) is 4.59. The quantitative estimate of drug-likeness (QED) is 0.857. The normalized spacial score (nSPS) is 13.4. The molecule has 3 amide bonds. The molecule has 0 bridgehead atoms. The van der Waals surface area contributed by atoms with Crippen molar-refractivity contribution in [2.75, 3.05) is 16.8 Å². The molecule has 6 heteroatoms. The van der Waals surface area contributed by atoms with Crippen LogP contribution in [0.2, 0.25) is 0 Å². The van der Waals surface area contributed by atoms with Crippen molar-refractivity contribution in [3.05, 3.63) is 24.3 Å². The molecule has 6 nitrogen and oxygen atoms in total. The average molecular weight is 289 g/mol. The number of nitrogens with one attached hydrogen (secondary N) is 2. The molecule has 1 fully saturated rings. The first-order valence-corrected chi connectivity index (χ1v) is 6.91. The van der Waals surface area contributed by atoms with Crippen molar-refractivity contribution < 1.29 is 14.4 Å². The maximum Gasteiger partial charge on any atom is 0.240 e. The standard InChI is InChI=1S/C15H19N3O3/c1-10(19)16-13-4-3-5-14(8-13)18(11(2)20)9-15(21)17-12-6-7-12/h3-5,8,12H,6-7,9H2,1-2H3,(H,16,19)(H,17,21). The molecule has 0 unspecified atom stereocenters. The van der Waals surface area contributed by atoms with E-state index in [0.717, 1.165) is 12.8 Å². The van der Waals surface area contributed by atoms with E-state index in [1.807, 2.05) is 0 Å². The second-order valence-corrected chi connectivity index (χ2v) is 5.18. The third-order valence-electron chi connectivity index (χ3n) is 3.10. The molecule has 112 valence electrons. The lowest BCUT2D eigenvalue weighted by molar-refractivity contribution is -0.123. The Bertz CT molecular complexity index is 567. The molecule has 1 aliphatic rings. The minimum atomic E-state index is -0.221. The molecule has 2 N–H and O–H groups in total. The van der Waals surface area contributed by atoms with Gasteiger partial charge in [-0.3, -0.25) is 14.4 Å². The van der Waals surface area contributed by atoms with Gasteiger partial charge in [0.2, 0.25) is 17.7 Å². The molecule has 0 aromatic heterocycles. The Morgan fingerprint density at radius 3 is 2.52 bits per heavy atom. The fourth-order valence-corrected chi connectivity index (χ4v) is 1.98. The lowest BCUT2D eigenvalue weighted by atomic mass is 10.2. The topological polar surface area (TPSA) is 78.5 Å². The molecule has 1 aromatic rings. The number of amides is 3. The van der Waals surface area contributed by atoms with Crippen molar-refractivity contribution >= 4 is 29.1 Å². The molecule has 0 atom stereocenters. The zero-order valence-electron chi connectivity index (χ0n) is 12.2. The molecule has 0 heterocycles. The first-order chi connectivity index (χ1) is 9.95. The van der Waals surface area contributed by atoms with Crippen LogP contribution in [0.3, 0.4) is 0 Å². The summed E-state index contributed by atoms with van der Waals surface area (Å²) in [7, 11) is 0. The second kappa shape index (κ2) is 6.39. The van der Waals surface area contributed by atoms with E-state index in [2.05, 4.69) is 10.6 Å². The van der Waals surface area contributed by atoms with Gasteiger partial charge in [-0.2, -0.15) is 0 Å². The lowest BCUT2D eigenvalue weighted by Gasteiger charge is -2.21. The number of anilines is 2. The fraction of sp³-hybridized carbons (Fsp3) is 0.400. The van der Waals surface area contributed by atoms with Crippen molar-refractivity contribution in [2.45, 2.75) is 32.7 Å². The van der Waals surface area contributed by atoms with Crippen molar-refractivity contribution in [3.63, 3.8) is 0 Å². The summed E-state index contributed by atoms with van der Waals surface area (Å²) in [5.74, 6) is -0.577. The van der Waals surface area contributed by atoms with Gasteiger partial charge in [-0.1, -0.05) is 6.07 Å². The predicted molar refractivity (Wildman–Crippen MR) is 79.9 cm³/mol. The highest BCUT2D eigenvalue weighted by Gasteiger charge is 2.25. The van der Waals surface area contributed by atoms with E-state index in [0.29, 0.717) is 11.4 Å². The van der Waals surface area contributed by atoms with Crippen LogP contribution in [0, 0.1) is 0 Å². The van der Waals surface area contributed by atoms with Crippen molar-refractivity contribution in [2.24, 2.45) is 0 Å². The van der Waals surface area contributed by atoms with E-state index in [4.69, 9.17) is 0 Å². The number of hydrogen-bond acceptors (Lipinski definition) is 3. The second-order valence-electron chi connectivity index (χ2n) is 5.18. The van der Waals surface area contributed by atoms with Gasteiger partial charge in [-0.15, -0.1) is 0 Å². The fourth-order valence-electron chi connectivity index (χ4n) is 1.98. The van der Waals surface area contributed by atoms with Crippen LogP contribution in [-0.4, -0.2) is 30.3 Å². The number of hydrogen-bond donors (Lipinski definition) is 2. The number of carbonyl (C=O) groups excluding carboxylic acids is 3. The summed E-state index contributed by atoms with van der Waals surface area (Å²) in [5.41, 5.74) is 1.17. The Kier molecular flexibility index (Phi) is 4.57. The van der Waals surface area contributed by atoms with Crippen LogP contribution in [0.25, 0.3) is 0 Å². The molecule has 21 heavy (non-hydrogen) atoms. The van der Waals surface area contributed by atoms with Gasteiger partial charge in [-0.25, -0.2) is 0 Å². The van der Waals surface area contributed by atoms with Crippen molar-refractivity contribution in [3.8, 4) is 0 Å². The van der Waals surface area contributed by atoms with Gasteiger partial charge >= 0.3 is 0 Å². The van der Waals surface area contributed by atoms with Crippen LogP contribution in [0.4, 0.5) is 11.4 Å². The number of carbonyl (C=O) groups is 3. The highest BCUT2D eigenvalue weighted by Crippen LogP contribution is 2.21. The van der Waals surface area contributed by atoms with Crippen LogP contribution in [0.5, 0.6) is 0 Å². The van der Waals surface area contributed by atoms with Crippen molar-refractivity contribution in [1.82, 2.24) is 5.32 Å². The van der Waals surface area contributed by atoms with Crippen LogP contribution in [-0.2, 0) is 14.4 Å². The van der Waals surface area contributed by atoms with Gasteiger partial charge in [0.05, 0.1) is 0 Å². The SMILES string of the molecule is CC(=O)Nc1cccc(N(CC(=O)NC2CC2)C(C)=O)c1. The molecular weight excluding hydrogens is 270 g/mol. The van der Waals surface area contributed by atoms with E-state index >= 15 is 0 Å². The highest BCUT2D eigenvalue weighted by atomic mass is 16.2. The number of nitrogens with zero attached hydrogens (tertiary/aromatic N) is 1. The summed E-state index contributed by atoms with van der Waals surface area (Å²) in [6.45, 7) is 2.81. The summed E-state index contributed by atoms with van der Waals surface area (Å²) in [6.07, 6.45) is 2.01. The van der Waals surface area contributed by atoms with Gasteiger partial charge in [0.25, 0.3) is 0 Å². The lowest BCUT2D eigenvalue weighted by Crippen LogP contribution is -2.40. The molecular formula is C15H19N3O3. The van der Waals surface area contributed by atoms with Gasteiger partial charge in [0, 0.05) is 31.3 Å². The zero-order valence-corrected chi connectivity index (χ0v) is 12.2. The van der Waals surface area contributed by atoms with E-state index in [1.165, 1.54) is 18.7 Å². The minimum Gasteiger partial charge on any atom is -0.352 e. The summed E-state index contributed by atoms with van der Waals surface area (Å²) >= 11 is 0. The highest BCUT2D eigenvalue weighted by molar-refractivity contribution is 5.98. The smallest absolute Gasteiger partial charge is 0.240 e. The molecule has 0 radical (unpaired) electrons. The molecule has 1 aliphatic carbocycles. The molecule has 2 rings (SSSR count). The Morgan fingerprint density at radius 2 is 1.95 bits per heavy atom. The number of rotatable bonds is 5. The van der Waals surface area contributed by atoms with Gasteiger partial charge in [0.15, 0.2) is 0 Å². The van der Waals surface area contributed by atoms with Gasteiger partial charge in [0.1, 0.15) is 6.54 Å². The van der Waals surface area contributed by atoms with E-state index in [-0.39, 0.29) is 30.3 Å².